The van der Waals surface area contributed by atoms with E-state index in [-0.39, 0.29) is 30.5 Å². The predicted molar refractivity (Wildman–Crippen MR) is 64.3 cm³/mol. The van der Waals surface area contributed by atoms with Gasteiger partial charge in [-0.2, -0.15) is 0 Å². The van der Waals surface area contributed by atoms with Crippen molar-refractivity contribution in [3.05, 3.63) is 11.1 Å². The summed E-state index contributed by atoms with van der Waals surface area (Å²) in [6, 6.07) is 0. The maximum absolute atomic E-state index is 12.0. The van der Waals surface area contributed by atoms with Crippen molar-refractivity contribution in [3.8, 4) is 0 Å². The highest BCUT2D eigenvalue weighted by Crippen LogP contribution is 2.04. The van der Waals surface area contributed by atoms with E-state index in [1.807, 2.05) is 0 Å². The zero-order chi connectivity index (χ0) is 13.4. The van der Waals surface area contributed by atoms with E-state index in [1.165, 1.54) is 12.0 Å². The fourth-order valence-corrected chi connectivity index (χ4v) is 1.69. The van der Waals surface area contributed by atoms with Gasteiger partial charge in [0, 0.05) is 25.6 Å². The molecule has 0 radical (unpaired) electrons. The van der Waals surface area contributed by atoms with Gasteiger partial charge in [-0.15, -0.1) is 5.10 Å². The number of ether oxygens (including phenoxy) is 2. The van der Waals surface area contributed by atoms with E-state index in [4.69, 9.17) is 4.74 Å². The second-order valence-corrected chi connectivity index (χ2v) is 4.01. The average molecular weight is 273 g/mol. The van der Waals surface area contributed by atoms with Crippen molar-refractivity contribution in [2.75, 3.05) is 33.9 Å². The maximum Gasteiger partial charge on any atom is 0.307 e. The average Bonchev–Trinajstić information content (AvgIpc) is 2.91. The Hall–Kier alpha value is -1.54. The molecule has 0 aliphatic carbocycles. The molecular formula is C10H15N3O4S. The zero-order valence-electron chi connectivity index (χ0n) is 10.3. The van der Waals surface area contributed by atoms with Gasteiger partial charge in [0.25, 0.3) is 5.91 Å². The molecule has 1 rings (SSSR count). The molecule has 1 aromatic rings. The largest absolute Gasteiger partial charge is 0.469 e. The van der Waals surface area contributed by atoms with Crippen LogP contribution in [0.15, 0.2) is 5.38 Å². The lowest BCUT2D eigenvalue weighted by Gasteiger charge is -2.20. The Bertz CT molecular complexity index is 382. The molecule has 0 N–H and O–H groups in total. The summed E-state index contributed by atoms with van der Waals surface area (Å²) in [4.78, 5) is 24.6. The number of hydrogen-bond acceptors (Lipinski definition) is 7. The van der Waals surface area contributed by atoms with Crippen LogP contribution in [0.3, 0.4) is 0 Å². The first-order chi connectivity index (χ1) is 8.69. The maximum atomic E-state index is 12.0. The minimum absolute atomic E-state index is 0.142. The number of amides is 1. The highest BCUT2D eigenvalue weighted by Gasteiger charge is 2.18. The summed E-state index contributed by atoms with van der Waals surface area (Å²) in [6.07, 6.45) is 0.142. The third kappa shape index (κ3) is 4.38. The molecule has 0 aromatic carbocycles. The quantitative estimate of drug-likeness (QED) is 0.660. The van der Waals surface area contributed by atoms with Crippen LogP contribution in [0, 0.1) is 0 Å². The van der Waals surface area contributed by atoms with Gasteiger partial charge in [0.1, 0.15) is 0 Å². The van der Waals surface area contributed by atoms with Crippen molar-refractivity contribution in [2.24, 2.45) is 0 Å². The number of methoxy groups -OCH3 is 2. The summed E-state index contributed by atoms with van der Waals surface area (Å²) >= 11 is 1.11. The Morgan fingerprint density at radius 2 is 2.17 bits per heavy atom. The van der Waals surface area contributed by atoms with Crippen molar-refractivity contribution >= 4 is 23.4 Å². The van der Waals surface area contributed by atoms with Crippen molar-refractivity contribution < 1.29 is 19.1 Å². The molecule has 1 aromatic heterocycles. The summed E-state index contributed by atoms with van der Waals surface area (Å²) in [5, 5.41) is 5.28. The van der Waals surface area contributed by atoms with Gasteiger partial charge in [0.05, 0.1) is 20.1 Å². The molecule has 0 unspecified atom stereocenters. The normalized spacial score (nSPS) is 10.1. The number of hydrogen-bond donors (Lipinski definition) is 0. The van der Waals surface area contributed by atoms with Crippen LogP contribution in [0.1, 0.15) is 16.9 Å². The lowest BCUT2D eigenvalue weighted by Crippen LogP contribution is -2.36. The SMILES string of the molecule is COCCN(CCC(=O)OC)C(=O)c1csnn1. The fraction of sp³-hybridized carbons (Fsp3) is 0.600. The Kier molecular flexibility index (Phi) is 6.23. The van der Waals surface area contributed by atoms with Crippen LogP contribution >= 0.6 is 11.5 Å². The summed E-state index contributed by atoms with van der Waals surface area (Å²) in [7, 11) is 2.86. The Balaban J connectivity index is 2.59. The van der Waals surface area contributed by atoms with Gasteiger partial charge < -0.3 is 14.4 Å². The molecule has 7 nitrogen and oxygen atoms in total. The van der Waals surface area contributed by atoms with E-state index in [9.17, 15) is 9.59 Å². The van der Waals surface area contributed by atoms with Crippen LogP contribution in [0.5, 0.6) is 0 Å². The van der Waals surface area contributed by atoms with Gasteiger partial charge in [-0.05, 0) is 11.5 Å². The molecule has 0 spiro atoms. The van der Waals surface area contributed by atoms with Crippen molar-refractivity contribution in [1.29, 1.82) is 0 Å². The van der Waals surface area contributed by atoms with Gasteiger partial charge in [-0.1, -0.05) is 4.49 Å². The molecule has 0 saturated heterocycles. The van der Waals surface area contributed by atoms with Crippen LogP contribution in [0.2, 0.25) is 0 Å². The number of esters is 1. The van der Waals surface area contributed by atoms with Crippen LogP contribution < -0.4 is 0 Å². The first-order valence-corrected chi connectivity index (χ1v) is 6.14. The van der Waals surface area contributed by atoms with Crippen LogP contribution in [-0.4, -0.2) is 60.3 Å². The Morgan fingerprint density at radius 1 is 1.39 bits per heavy atom. The molecule has 0 aliphatic heterocycles. The molecule has 0 bridgehead atoms. The van der Waals surface area contributed by atoms with Gasteiger partial charge >= 0.3 is 5.97 Å². The molecule has 8 heteroatoms. The molecule has 0 saturated carbocycles. The van der Waals surface area contributed by atoms with E-state index in [2.05, 4.69) is 14.3 Å². The fourth-order valence-electron chi connectivity index (χ4n) is 1.26. The smallest absolute Gasteiger partial charge is 0.307 e. The van der Waals surface area contributed by atoms with E-state index < -0.39 is 0 Å². The van der Waals surface area contributed by atoms with E-state index in [1.54, 1.807) is 12.5 Å². The minimum Gasteiger partial charge on any atom is -0.469 e. The van der Waals surface area contributed by atoms with E-state index in [0.717, 1.165) is 11.5 Å². The number of carbonyl (C=O) groups is 2. The number of rotatable bonds is 7. The standard InChI is InChI=1S/C10H15N3O4S/c1-16-6-5-13(4-3-9(14)17-2)10(15)8-7-18-12-11-8/h7H,3-6H2,1-2H3. The first-order valence-electron chi connectivity index (χ1n) is 5.31. The van der Waals surface area contributed by atoms with Crippen LogP contribution in [-0.2, 0) is 14.3 Å². The van der Waals surface area contributed by atoms with Gasteiger partial charge in [0.2, 0.25) is 0 Å². The van der Waals surface area contributed by atoms with Gasteiger partial charge in [-0.3, -0.25) is 9.59 Å². The highest BCUT2D eigenvalue weighted by molar-refractivity contribution is 7.03. The van der Waals surface area contributed by atoms with Crippen LogP contribution in [0.25, 0.3) is 0 Å². The summed E-state index contributed by atoms with van der Waals surface area (Å²) < 4.78 is 13.1. The molecule has 1 amide bonds. The first kappa shape index (κ1) is 14.5. The molecule has 100 valence electrons. The number of nitrogens with zero attached hydrogens (tertiary/aromatic N) is 3. The minimum atomic E-state index is -0.360. The third-order valence-corrected chi connectivity index (χ3v) is 2.75. The predicted octanol–water partition coefficient (Wildman–Crippen LogP) is 0.190. The molecule has 18 heavy (non-hydrogen) atoms. The van der Waals surface area contributed by atoms with Crippen molar-refractivity contribution in [3.63, 3.8) is 0 Å². The monoisotopic (exact) mass is 273 g/mol. The van der Waals surface area contributed by atoms with Crippen molar-refractivity contribution in [2.45, 2.75) is 6.42 Å². The lowest BCUT2D eigenvalue weighted by molar-refractivity contribution is -0.140. The number of carbonyl (C=O) groups excluding carboxylic acids is 2. The Morgan fingerprint density at radius 3 is 2.72 bits per heavy atom. The molecule has 1 heterocycles. The highest BCUT2D eigenvalue weighted by atomic mass is 32.1. The molecular weight excluding hydrogens is 258 g/mol. The number of aromatic nitrogens is 2. The molecule has 0 atom stereocenters. The van der Waals surface area contributed by atoms with Crippen LogP contribution in [0.4, 0.5) is 0 Å². The van der Waals surface area contributed by atoms with E-state index in [0.29, 0.717) is 13.2 Å². The van der Waals surface area contributed by atoms with E-state index >= 15 is 0 Å². The van der Waals surface area contributed by atoms with Gasteiger partial charge in [-0.25, -0.2) is 0 Å². The second kappa shape index (κ2) is 7.72. The molecule has 0 aliphatic rings. The lowest BCUT2D eigenvalue weighted by atomic mass is 10.3. The summed E-state index contributed by atoms with van der Waals surface area (Å²) in [5.41, 5.74) is 0.279. The summed E-state index contributed by atoms with van der Waals surface area (Å²) in [6.45, 7) is 1.06. The molecule has 0 fully saturated rings. The zero-order valence-corrected chi connectivity index (χ0v) is 11.1. The van der Waals surface area contributed by atoms with Crippen molar-refractivity contribution in [1.82, 2.24) is 14.5 Å². The third-order valence-electron chi connectivity index (χ3n) is 2.25. The summed E-state index contributed by atoms with van der Waals surface area (Å²) in [5.74, 6) is -0.619. The topological polar surface area (TPSA) is 81.6 Å². The Labute approximate surface area is 109 Å². The van der Waals surface area contributed by atoms with Gasteiger partial charge in [0.15, 0.2) is 5.69 Å². The second-order valence-electron chi connectivity index (χ2n) is 3.40.